The summed E-state index contributed by atoms with van der Waals surface area (Å²) in [6.07, 6.45) is 17.2. The maximum absolute atomic E-state index is 14.0. The van der Waals surface area contributed by atoms with Gasteiger partial charge < -0.3 is 24.7 Å². The van der Waals surface area contributed by atoms with Crippen LogP contribution in [0.1, 0.15) is 67.3 Å². The third-order valence-corrected chi connectivity index (χ3v) is 13.8. The van der Waals surface area contributed by atoms with Gasteiger partial charge in [0.2, 0.25) is 0 Å². The number of nitrogens with zero attached hydrogens (tertiary/aromatic N) is 4. The number of fused-ring (bicyclic) bond motifs is 1. The summed E-state index contributed by atoms with van der Waals surface area (Å²) in [6, 6.07) is 18.0. The Kier molecular flexibility index (Phi) is 12.0. The van der Waals surface area contributed by atoms with Crippen molar-refractivity contribution in [3.05, 3.63) is 133 Å². The van der Waals surface area contributed by atoms with E-state index in [0.29, 0.717) is 46.2 Å². The van der Waals surface area contributed by atoms with E-state index in [0.717, 1.165) is 92.1 Å². The first-order valence-corrected chi connectivity index (χ1v) is 22.3. The van der Waals surface area contributed by atoms with E-state index in [2.05, 4.69) is 41.9 Å². The molecular formula is C46H49ClN8O5S. The molecule has 5 aliphatic rings. The largest absolute Gasteiger partial charge is 0.455 e. The molecule has 3 aliphatic carbocycles. The van der Waals surface area contributed by atoms with Gasteiger partial charge in [-0.25, -0.2) is 4.98 Å². The number of carbonyl (C=O) groups is 1. The Labute approximate surface area is 364 Å². The van der Waals surface area contributed by atoms with Crippen LogP contribution in [0.3, 0.4) is 0 Å². The maximum atomic E-state index is 14.0. The van der Waals surface area contributed by atoms with Crippen molar-refractivity contribution in [1.82, 2.24) is 24.9 Å². The number of hydrogen-bond acceptors (Lipinski definition) is 11. The van der Waals surface area contributed by atoms with Crippen molar-refractivity contribution in [2.45, 2.75) is 57.4 Å². The fourth-order valence-corrected chi connectivity index (χ4v) is 9.88. The Bertz CT molecular complexity index is 2460. The van der Waals surface area contributed by atoms with Gasteiger partial charge in [0.15, 0.2) is 0 Å². The van der Waals surface area contributed by atoms with E-state index in [9.17, 15) is 14.9 Å². The van der Waals surface area contributed by atoms with Crippen LogP contribution >= 0.6 is 23.5 Å². The van der Waals surface area contributed by atoms with Gasteiger partial charge in [-0.2, -0.15) is 0 Å². The van der Waals surface area contributed by atoms with E-state index in [1.54, 1.807) is 30.1 Å². The quantitative estimate of drug-likeness (QED) is 0.0615. The molecule has 2 aromatic carbocycles. The minimum absolute atomic E-state index is 0.148. The SMILES string of the molecule is N=C1C([N+](=O)[O-])=CC(SNC(=O)c2ccc(N3CCN(CC4=C(c5ccc(Cl)cc5)CC5(CCC5)CC4)CC3)cc2Oc2cnc3[nH]ccc3c2)=C/C1=C/NC1CCOCC1. The standard InChI is InChI=1S/C46H49ClN8O5S/c47-34-4-2-30(3-5-34)40-26-46(12-1-13-46)14-8-32(40)29-53-16-18-54(19-17-53)36-6-7-39(42(24-36)60-37-22-31-9-15-49-44(31)51-28-37)45(56)52-61-38-23-33(43(48)41(25-38)55(57)58)27-50-35-10-20-59-21-11-35/h2-7,9,15,22-25,27-28,35,48,50H,1,8,10-14,16-21,26,29H2,(H,49,51)(H,52,56)/b33-27-,48-43?. The molecular weight excluding hydrogens is 812 g/mol. The minimum Gasteiger partial charge on any atom is -0.455 e. The molecule has 0 atom stereocenters. The summed E-state index contributed by atoms with van der Waals surface area (Å²) in [5.74, 6) is 0.411. The second kappa shape index (κ2) is 17.9. The van der Waals surface area contributed by atoms with Crippen LogP contribution in [0.5, 0.6) is 11.5 Å². The minimum atomic E-state index is -0.574. The number of benzene rings is 2. The average Bonchev–Trinajstić information content (AvgIpc) is 3.74. The first-order chi connectivity index (χ1) is 29.7. The number of allylic oxidation sites excluding steroid dienone is 4. The van der Waals surface area contributed by atoms with E-state index in [4.69, 9.17) is 26.5 Å². The Balaban J connectivity index is 0.915. The van der Waals surface area contributed by atoms with E-state index in [-0.39, 0.29) is 17.5 Å². The molecule has 316 valence electrons. The van der Waals surface area contributed by atoms with Crippen molar-refractivity contribution < 1.29 is 19.2 Å². The summed E-state index contributed by atoms with van der Waals surface area (Å²) in [5, 5.41) is 25.4. The molecule has 4 aromatic rings. The molecule has 13 nitrogen and oxygen atoms in total. The molecule has 1 amide bonds. The predicted octanol–water partition coefficient (Wildman–Crippen LogP) is 9.05. The van der Waals surface area contributed by atoms with Gasteiger partial charge in [0.1, 0.15) is 22.9 Å². The van der Waals surface area contributed by atoms with Crippen LogP contribution in [-0.2, 0) is 4.74 Å². The number of aromatic amines is 1. The molecule has 1 spiro atoms. The van der Waals surface area contributed by atoms with Gasteiger partial charge in [0.05, 0.1) is 16.7 Å². The molecule has 4 heterocycles. The topological polar surface area (TPSA) is 162 Å². The molecule has 1 saturated carbocycles. The van der Waals surface area contributed by atoms with E-state index in [1.165, 1.54) is 42.9 Å². The van der Waals surface area contributed by atoms with Gasteiger partial charge in [-0.1, -0.05) is 35.7 Å². The Hall–Kier alpha value is -5.41. The second-order valence-electron chi connectivity index (χ2n) is 16.6. The number of amides is 1. The van der Waals surface area contributed by atoms with E-state index >= 15 is 0 Å². The normalized spacial score (nSPS) is 20.4. The van der Waals surface area contributed by atoms with Gasteiger partial charge >= 0.3 is 0 Å². The lowest BCUT2D eigenvalue weighted by Crippen LogP contribution is -2.47. The fraction of sp³-hybridized carbons (Fsp3) is 0.370. The summed E-state index contributed by atoms with van der Waals surface area (Å²) in [5.41, 5.74) is 6.63. The molecule has 4 N–H and O–H groups in total. The van der Waals surface area contributed by atoms with Crippen LogP contribution in [0.2, 0.25) is 5.02 Å². The highest BCUT2D eigenvalue weighted by Gasteiger charge is 2.41. The third-order valence-electron chi connectivity index (χ3n) is 12.8. The number of nitrogens with one attached hydrogen (secondary N) is 4. The number of carbonyl (C=O) groups excluding carboxylic acids is 1. The molecule has 61 heavy (non-hydrogen) atoms. The Morgan fingerprint density at radius 2 is 1.89 bits per heavy atom. The van der Waals surface area contributed by atoms with Gasteiger partial charge in [-0.3, -0.25) is 29.9 Å². The molecule has 3 fully saturated rings. The molecule has 2 aliphatic heterocycles. The number of halogens is 1. The zero-order valence-corrected chi connectivity index (χ0v) is 35.5. The zero-order chi connectivity index (χ0) is 41.9. The van der Waals surface area contributed by atoms with Crippen molar-refractivity contribution in [2.24, 2.45) is 5.41 Å². The number of piperazine rings is 1. The van der Waals surface area contributed by atoms with Crippen LogP contribution < -0.4 is 19.7 Å². The zero-order valence-electron chi connectivity index (χ0n) is 33.9. The van der Waals surface area contributed by atoms with Gasteiger partial charge in [0, 0.05) is 103 Å². The summed E-state index contributed by atoms with van der Waals surface area (Å²) in [6.45, 7) is 5.67. The lowest BCUT2D eigenvalue weighted by molar-refractivity contribution is -0.415. The van der Waals surface area contributed by atoms with Crippen molar-refractivity contribution in [3.63, 3.8) is 0 Å². The number of hydrogen-bond donors (Lipinski definition) is 4. The number of nitro groups is 1. The fourth-order valence-electron chi connectivity index (χ4n) is 9.08. The summed E-state index contributed by atoms with van der Waals surface area (Å²) in [4.78, 5) is 38.3. The Morgan fingerprint density at radius 1 is 1.08 bits per heavy atom. The smallest absolute Gasteiger partial charge is 0.295 e. The molecule has 2 saturated heterocycles. The van der Waals surface area contributed by atoms with Gasteiger partial charge in [-0.05, 0) is 116 Å². The summed E-state index contributed by atoms with van der Waals surface area (Å²) >= 11 is 7.24. The number of H-pyrrole nitrogens is 1. The van der Waals surface area contributed by atoms with Crippen molar-refractivity contribution in [3.8, 4) is 11.5 Å². The number of rotatable bonds is 12. The first kappa shape index (κ1) is 41.0. The lowest BCUT2D eigenvalue weighted by atomic mass is 9.59. The maximum Gasteiger partial charge on any atom is 0.295 e. The van der Waals surface area contributed by atoms with Crippen LogP contribution in [-0.4, -0.2) is 83.4 Å². The lowest BCUT2D eigenvalue weighted by Gasteiger charge is -2.47. The van der Waals surface area contributed by atoms with Gasteiger partial charge in [0.25, 0.3) is 11.6 Å². The molecule has 15 heteroatoms. The van der Waals surface area contributed by atoms with Crippen molar-refractivity contribution in [2.75, 3.05) is 50.8 Å². The molecule has 0 radical (unpaired) electrons. The molecule has 0 unspecified atom stereocenters. The molecule has 2 aromatic heterocycles. The second-order valence-corrected chi connectivity index (χ2v) is 18.0. The number of aromatic nitrogens is 2. The molecule has 9 rings (SSSR count). The predicted molar refractivity (Wildman–Crippen MR) is 241 cm³/mol. The van der Waals surface area contributed by atoms with Crippen LogP contribution in [0.15, 0.2) is 107 Å². The Morgan fingerprint density at radius 3 is 2.64 bits per heavy atom. The molecule has 0 bridgehead atoms. The highest BCUT2D eigenvalue weighted by Crippen LogP contribution is 2.55. The van der Waals surface area contributed by atoms with Crippen molar-refractivity contribution in [1.29, 1.82) is 5.41 Å². The summed E-state index contributed by atoms with van der Waals surface area (Å²) in [7, 11) is 0. The number of pyridine rings is 1. The van der Waals surface area contributed by atoms with E-state index < -0.39 is 10.8 Å². The van der Waals surface area contributed by atoms with E-state index in [1.807, 2.05) is 42.6 Å². The number of ether oxygens (including phenoxy) is 2. The van der Waals surface area contributed by atoms with Crippen LogP contribution in [0, 0.1) is 20.9 Å². The highest BCUT2D eigenvalue weighted by molar-refractivity contribution is 8.02. The summed E-state index contributed by atoms with van der Waals surface area (Å²) < 4.78 is 14.8. The highest BCUT2D eigenvalue weighted by atomic mass is 35.5. The first-order valence-electron chi connectivity index (χ1n) is 21.1. The van der Waals surface area contributed by atoms with Crippen LogP contribution in [0.25, 0.3) is 16.6 Å². The van der Waals surface area contributed by atoms with Crippen molar-refractivity contribution >= 4 is 57.5 Å². The van der Waals surface area contributed by atoms with Gasteiger partial charge in [-0.15, -0.1) is 0 Å². The number of anilines is 1. The third kappa shape index (κ3) is 9.27. The van der Waals surface area contributed by atoms with Crippen LogP contribution in [0.4, 0.5) is 5.69 Å². The monoisotopic (exact) mass is 860 g/mol. The average molecular weight is 861 g/mol.